The molecule has 0 saturated carbocycles. The number of rotatable bonds is 4. The van der Waals surface area contributed by atoms with Crippen LogP contribution in [-0.4, -0.2) is 37.4 Å². The molecule has 3 nitrogen and oxygen atoms in total. The lowest BCUT2D eigenvalue weighted by Gasteiger charge is -2.36. The highest BCUT2D eigenvalue weighted by Gasteiger charge is 2.39. The zero-order chi connectivity index (χ0) is 21.2. The third kappa shape index (κ3) is 5.18. The van der Waals surface area contributed by atoms with E-state index >= 15 is 0 Å². The molecule has 1 fully saturated rings. The number of hydrogen-bond donors (Lipinski definition) is 1. The van der Waals surface area contributed by atoms with Gasteiger partial charge in [0.05, 0.1) is 11.6 Å². The number of halogens is 7. The van der Waals surface area contributed by atoms with Crippen molar-refractivity contribution in [2.75, 3.05) is 26.2 Å². The molecule has 2 aromatic rings. The van der Waals surface area contributed by atoms with Gasteiger partial charge in [-0.15, -0.1) is 13.2 Å². The summed E-state index contributed by atoms with van der Waals surface area (Å²) < 4.78 is 96.3. The monoisotopic (exact) mass is 422 g/mol. The van der Waals surface area contributed by atoms with Crippen LogP contribution in [0.25, 0.3) is 0 Å². The first-order valence-corrected chi connectivity index (χ1v) is 8.72. The van der Waals surface area contributed by atoms with Crippen LogP contribution in [-0.2, 0) is 6.18 Å². The molecule has 1 N–H and O–H groups in total. The third-order valence-corrected chi connectivity index (χ3v) is 4.58. The highest BCUT2D eigenvalue weighted by atomic mass is 19.4. The summed E-state index contributed by atoms with van der Waals surface area (Å²) >= 11 is 0. The Labute approximate surface area is 162 Å². The topological polar surface area (TPSA) is 24.5 Å². The van der Waals surface area contributed by atoms with Crippen molar-refractivity contribution in [2.24, 2.45) is 0 Å². The summed E-state index contributed by atoms with van der Waals surface area (Å²) in [5, 5.41) is 3.06. The van der Waals surface area contributed by atoms with E-state index in [0.29, 0.717) is 26.2 Å². The predicted octanol–water partition coefficient (Wildman–Crippen LogP) is 4.74. The van der Waals surface area contributed by atoms with Crippen LogP contribution < -0.4 is 10.1 Å². The van der Waals surface area contributed by atoms with Crippen LogP contribution in [0.5, 0.6) is 5.75 Å². The van der Waals surface area contributed by atoms with Crippen molar-refractivity contribution in [3.63, 3.8) is 0 Å². The van der Waals surface area contributed by atoms with Gasteiger partial charge in [-0.25, -0.2) is 4.39 Å². The van der Waals surface area contributed by atoms with Crippen LogP contribution in [0.15, 0.2) is 42.5 Å². The fraction of sp³-hybridized carbons (Fsp3) is 0.368. The molecule has 158 valence electrons. The average molecular weight is 422 g/mol. The molecule has 29 heavy (non-hydrogen) atoms. The van der Waals surface area contributed by atoms with Crippen LogP contribution in [0.3, 0.4) is 0 Å². The normalized spacial score (nSPS) is 17.2. The molecule has 1 heterocycles. The van der Waals surface area contributed by atoms with Gasteiger partial charge in [-0.2, -0.15) is 13.2 Å². The Bertz CT molecular complexity index is 828. The van der Waals surface area contributed by atoms with E-state index < -0.39 is 41.3 Å². The maximum absolute atomic E-state index is 14.7. The molecule has 1 aliphatic heterocycles. The van der Waals surface area contributed by atoms with Crippen molar-refractivity contribution in [1.82, 2.24) is 10.2 Å². The van der Waals surface area contributed by atoms with Crippen LogP contribution in [0.2, 0.25) is 0 Å². The fourth-order valence-electron chi connectivity index (χ4n) is 3.41. The SMILES string of the molecule is Fc1cccc(C(F)(F)F)c1[C@@H](c1ccc(OC(F)(F)F)cc1)N1CCNCC1. The Morgan fingerprint density at radius 3 is 2.07 bits per heavy atom. The summed E-state index contributed by atoms with van der Waals surface area (Å²) in [5.41, 5.74) is -1.43. The van der Waals surface area contributed by atoms with Gasteiger partial charge < -0.3 is 10.1 Å². The molecule has 1 aliphatic rings. The second kappa shape index (κ2) is 8.19. The van der Waals surface area contributed by atoms with Gasteiger partial charge in [0.2, 0.25) is 0 Å². The molecule has 1 atom stereocenters. The summed E-state index contributed by atoms with van der Waals surface area (Å²) in [5.74, 6) is -1.54. The summed E-state index contributed by atoms with van der Waals surface area (Å²) in [7, 11) is 0. The minimum atomic E-state index is -4.89. The van der Waals surface area contributed by atoms with Gasteiger partial charge in [-0.05, 0) is 29.8 Å². The molecule has 0 aliphatic carbocycles. The molecule has 0 amide bonds. The molecule has 10 heteroatoms. The zero-order valence-corrected chi connectivity index (χ0v) is 14.9. The number of nitrogens with zero attached hydrogens (tertiary/aromatic N) is 1. The first-order chi connectivity index (χ1) is 13.6. The van der Waals surface area contributed by atoms with E-state index in [0.717, 1.165) is 30.3 Å². The number of benzene rings is 2. The molecular formula is C19H17F7N2O. The van der Waals surface area contributed by atoms with Gasteiger partial charge in [0.1, 0.15) is 11.6 Å². The zero-order valence-electron chi connectivity index (χ0n) is 14.9. The van der Waals surface area contributed by atoms with E-state index in [2.05, 4.69) is 10.1 Å². The molecule has 2 aromatic carbocycles. The quantitative estimate of drug-likeness (QED) is 0.721. The van der Waals surface area contributed by atoms with E-state index in [4.69, 9.17) is 0 Å². The van der Waals surface area contributed by atoms with Crippen LogP contribution in [0.1, 0.15) is 22.7 Å². The summed E-state index contributed by atoms with van der Waals surface area (Å²) in [6, 6.07) is 6.07. The first-order valence-electron chi connectivity index (χ1n) is 8.72. The average Bonchev–Trinajstić information content (AvgIpc) is 2.63. The summed E-state index contributed by atoms with van der Waals surface area (Å²) in [6.07, 6.45) is -9.68. The van der Waals surface area contributed by atoms with Gasteiger partial charge >= 0.3 is 12.5 Å². The van der Waals surface area contributed by atoms with Gasteiger partial charge in [0, 0.05) is 31.7 Å². The first kappa shape index (κ1) is 21.4. The minimum Gasteiger partial charge on any atom is -0.406 e. The molecule has 0 radical (unpaired) electrons. The summed E-state index contributed by atoms with van der Waals surface area (Å²) in [6.45, 7) is 1.66. The largest absolute Gasteiger partial charge is 0.573 e. The van der Waals surface area contributed by atoms with Crippen molar-refractivity contribution < 1.29 is 35.5 Å². The smallest absolute Gasteiger partial charge is 0.406 e. The van der Waals surface area contributed by atoms with Crippen molar-refractivity contribution in [1.29, 1.82) is 0 Å². The molecular weight excluding hydrogens is 405 g/mol. The Morgan fingerprint density at radius 1 is 0.897 bits per heavy atom. The number of ether oxygens (including phenoxy) is 1. The van der Waals surface area contributed by atoms with E-state index in [9.17, 15) is 30.7 Å². The fourth-order valence-corrected chi connectivity index (χ4v) is 3.41. The second-order valence-electron chi connectivity index (χ2n) is 6.50. The third-order valence-electron chi connectivity index (χ3n) is 4.58. The summed E-state index contributed by atoms with van der Waals surface area (Å²) in [4.78, 5) is 1.67. The van der Waals surface area contributed by atoms with Crippen molar-refractivity contribution in [3.05, 3.63) is 65.0 Å². The van der Waals surface area contributed by atoms with E-state index in [1.54, 1.807) is 4.90 Å². The molecule has 3 rings (SSSR count). The highest BCUT2D eigenvalue weighted by molar-refractivity contribution is 5.41. The maximum Gasteiger partial charge on any atom is 0.573 e. The Hall–Kier alpha value is -2.33. The Morgan fingerprint density at radius 2 is 1.52 bits per heavy atom. The van der Waals surface area contributed by atoms with Crippen molar-refractivity contribution in [3.8, 4) is 5.75 Å². The molecule has 0 unspecified atom stereocenters. The predicted molar refractivity (Wildman–Crippen MR) is 90.8 cm³/mol. The van der Waals surface area contributed by atoms with E-state index in [1.165, 1.54) is 12.1 Å². The molecule has 1 saturated heterocycles. The number of piperazine rings is 1. The second-order valence-corrected chi connectivity index (χ2v) is 6.50. The number of hydrogen-bond acceptors (Lipinski definition) is 3. The van der Waals surface area contributed by atoms with Gasteiger partial charge in [-0.1, -0.05) is 18.2 Å². The lowest BCUT2D eigenvalue weighted by Crippen LogP contribution is -2.46. The minimum absolute atomic E-state index is 0.233. The lowest BCUT2D eigenvalue weighted by atomic mass is 9.91. The van der Waals surface area contributed by atoms with E-state index in [1.807, 2.05) is 0 Å². The Kier molecular flexibility index (Phi) is 6.04. The lowest BCUT2D eigenvalue weighted by molar-refractivity contribution is -0.274. The van der Waals surface area contributed by atoms with Crippen LogP contribution in [0, 0.1) is 5.82 Å². The van der Waals surface area contributed by atoms with E-state index in [-0.39, 0.29) is 5.56 Å². The van der Waals surface area contributed by atoms with Crippen LogP contribution in [0.4, 0.5) is 30.7 Å². The van der Waals surface area contributed by atoms with Crippen molar-refractivity contribution in [2.45, 2.75) is 18.6 Å². The highest BCUT2D eigenvalue weighted by Crippen LogP contribution is 2.41. The van der Waals surface area contributed by atoms with Gasteiger partial charge in [-0.3, -0.25) is 4.90 Å². The Balaban J connectivity index is 2.08. The molecule has 0 spiro atoms. The maximum atomic E-state index is 14.7. The van der Waals surface area contributed by atoms with Crippen LogP contribution >= 0.6 is 0 Å². The van der Waals surface area contributed by atoms with Gasteiger partial charge in [0.25, 0.3) is 0 Å². The molecule has 0 aromatic heterocycles. The standard InChI is InChI=1S/C19H17F7N2O/c20-15-3-1-2-14(18(21,22)23)16(15)17(28-10-8-27-9-11-28)12-4-6-13(7-5-12)29-19(24,25)26/h1-7,17,27H,8-11H2/t17-/m1/s1. The number of alkyl halides is 6. The van der Waals surface area contributed by atoms with Gasteiger partial charge in [0.15, 0.2) is 0 Å². The van der Waals surface area contributed by atoms with Crippen molar-refractivity contribution >= 4 is 0 Å². The number of nitrogens with one attached hydrogen (secondary N) is 1. The molecule has 0 bridgehead atoms.